The second kappa shape index (κ2) is 5.69. The lowest BCUT2D eigenvalue weighted by molar-refractivity contribution is 0.0736. The summed E-state index contributed by atoms with van der Waals surface area (Å²) >= 11 is 12.7. The van der Waals surface area contributed by atoms with Crippen molar-refractivity contribution in [3.05, 3.63) is 63.1 Å². The van der Waals surface area contributed by atoms with Crippen molar-refractivity contribution in [3.8, 4) is 5.75 Å². The Morgan fingerprint density at radius 1 is 1.04 bits per heavy atom. The zero-order valence-electron chi connectivity index (χ0n) is 13.9. The zero-order chi connectivity index (χ0) is 17.0. The minimum absolute atomic E-state index is 0.407. The summed E-state index contributed by atoms with van der Waals surface area (Å²) in [7, 11) is 0. The van der Waals surface area contributed by atoms with Crippen molar-refractivity contribution in [2.75, 3.05) is 11.4 Å². The van der Waals surface area contributed by atoms with Gasteiger partial charge in [0.1, 0.15) is 5.75 Å². The van der Waals surface area contributed by atoms with Gasteiger partial charge in [0.2, 0.25) is 5.72 Å². The largest absolute Gasteiger partial charge is 0.462 e. The van der Waals surface area contributed by atoms with Gasteiger partial charge in [-0.25, -0.2) is 0 Å². The van der Waals surface area contributed by atoms with Gasteiger partial charge in [-0.15, -0.1) is 0 Å². The molecule has 25 heavy (non-hydrogen) atoms. The molecule has 2 heterocycles. The van der Waals surface area contributed by atoms with Crippen LogP contribution >= 0.6 is 23.2 Å². The number of anilines is 1. The number of hydrogen-bond acceptors (Lipinski definition) is 2. The number of rotatable bonds is 1. The minimum atomic E-state index is -0.407. The number of benzene rings is 2. The van der Waals surface area contributed by atoms with E-state index in [1.165, 1.54) is 23.2 Å². The number of nitrogens with zero attached hydrogens (tertiary/aromatic N) is 1. The molecule has 1 aliphatic carbocycles. The molecular weight excluding hydrogens is 353 g/mol. The fraction of sp³-hybridized carbons (Fsp3) is 0.333. The van der Waals surface area contributed by atoms with Crippen LogP contribution in [0.1, 0.15) is 36.8 Å². The number of hydrogen-bond donors (Lipinski definition) is 0. The molecule has 2 nitrogen and oxygen atoms in total. The Balaban J connectivity index is 1.67. The molecular formula is C21H19Cl2NO. The van der Waals surface area contributed by atoms with Crippen LogP contribution in [0, 0.1) is 0 Å². The third-order valence-electron chi connectivity index (χ3n) is 5.67. The highest BCUT2D eigenvalue weighted by molar-refractivity contribution is 6.36. The van der Waals surface area contributed by atoms with Crippen LogP contribution in [0.5, 0.6) is 5.75 Å². The van der Waals surface area contributed by atoms with Gasteiger partial charge in [-0.05, 0) is 61.1 Å². The van der Waals surface area contributed by atoms with E-state index in [2.05, 4.69) is 35.2 Å². The molecule has 2 aromatic carbocycles. The maximum absolute atomic E-state index is 6.72. The first-order chi connectivity index (χ1) is 12.2. The molecule has 0 aromatic heterocycles. The number of halogens is 2. The van der Waals surface area contributed by atoms with Gasteiger partial charge in [0.15, 0.2) is 0 Å². The second-order valence-corrected chi connectivity index (χ2v) is 7.94. The molecule has 2 aromatic rings. The maximum atomic E-state index is 6.72. The van der Waals surface area contributed by atoms with Crippen LogP contribution in [0.4, 0.5) is 5.69 Å². The SMILES string of the molecule is Clc1cc(Cl)c2c(c1)C=C1CCCCC1(N1CCc3ccccc31)O2. The molecule has 5 rings (SSSR count). The second-order valence-electron chi connectivity index (χ2n) is 7.10. The Kier molecular flexibility index (Phi) is 3.55. The van der Waals surface area contributed by atoms with Gasteiger partial charge in [0.05, 0.1) is 5.02 Å². The summed E-state index contributed by atoms with van der Waals surface area (Å²) in [5.74, 6) is 0.765. The molecule has 1 fully saturated rings. The Morgan fingerprint density at radius 3 is 2.84 bits per heavy atom. The molecule has 0 spiro atoms. The normalized spacial score (nSPS) is 24.1. The van der Waals surface area contributed by atoms with Crippen LogP contribution in [-0.2, 0) is 6.42 Å². The summed E-state index contributed by atoms with van der Waals surface area (Å²) in [6, 6.07) is 12.4. The molecule has 1 saturated carbocycles. The predicted octanol–water partition coefficient (Wildman–Crippen LogP) is 6.10. The molecule has 2 aliphatic heterocycles. The molecule has 0 amide bonds. The number of fused-ring (bicyclic) bond motifs is 3. The molecule has 4 heteroatoms. The lowest BCUT2D eigenvalue weighted by Crippen LogP contribution is -2.56. The van der Waals surface area contributed by atoms with Crippen LogP contribution in [-0.4, -0.2) is 12.3 Å². The molecule has 0 N–H and O–H groups in total. The lowest BCUT2D eigenvalue weighted by atomic mass is 9.82. The number of para-hydroxylation sites is 1. The fourth-order valence-electron chi connectivity index (χ4n) is 4.57. The fourth-order valence-corrected chi connectivity index (χ4v) is 5.11. The van der Waals surface area contributed by atoms with Crippen LogP contribution in [0.2, 0.25) is 10.0 Å². The van der Waals surface area contributed by atoms with Crippen LogP contribution in [0.25, 0.3) is 6.08 Å². The van der Waals surface area contributed by atoms with Gasteiger partial charge >= 0.3 is 0 Å². The molecule has 0 radical (unpaired) electrons. The maximum Gasteiger partial charge on any atom is 0.205 e. The average Bonchev–Trinajstić information content (AvgIpc) is 3.05. The van der Waals surface area contributed by atoms with E-state index in [4.69, 9.17) is 27.9 Å². The van der Waals surface area contributed by atoms with E-state index < -0.39 is 5.72 Å². The zero-order valence-corrected chi connectivity index (χ0v) is 15.4. The topological polar surface area (TPSA) is 12.5 Å². The van der Waals surface area contributed by atoms with E-state index in [1.54, 1.807) is 6.07 Å². The minimum Gasteiger partial charge on any atom is -0.462 e. The van der Waals surface area contributed by atoms with Crippen molar-refractivity contribution >= 4 is 35.0 Å². The third-order valence-corrected chi connectivity index (χ3v) is 6.17. The van der Waals surface area contributed by atoms with Crippen molar-refractivity contribution in [1.29, 1.82) is 0 Å². The Hall–Kier alpha value is -1.64. The Labute approximate surface area is 158 Å². The van der Waals surface area contributed by atoms with Crippen LogP contribution in [0.3, 0.4) is 0 Å². The molecule has 0 saturated heterocycles. The average molecular weight is 372 g/mol. The molecule has 128 valence electrons. The van der Waals surface area contributed by atoms with E-state index in [-0.39, 0.29) is 0 Å². The summed E-state index contributed by atoms with van der Waals surface area (Å²) in [4.78, 5) is 2.46. The van der Waals surface area contributed by atoms with Gasteiger partial charge in [-0.2, -0.15) is 0 Å². The molecule has 3 aliphatic rings. The third kappa shape index (κ3) is 2.31. The summed E-state index contributed by atoms with van der Waals surface area (Å²) in [6.45, 7) is 0.983. The van der Waals surface area contributed by atoms with E-state index in [9.17, 15) is 0 Å². The monoisotopic (exact) mass is 371 g/mol. The summed E-state index contributed by atoms with van der Waals surface area (Å²) < 4.78 is 6.72. The Bertz CT molecular complexity index is 891. The highest BCUT2D eigenvalue weighted by Crippen LogP contribution is 2.51. The Morgan fingerprint density at radius 2 is 1.92 bits per heavy atom. The summed E-state index contributed by atoms with van der Waals surface area (Å²) in [5.41, 5.74) is 4.64. The number of ether oxygens (including phenoxy) is 1. The first-order valence-corrected chi connectivity index (χ1v) is 9.68. The van der Waals surface area contributed by atoms with Crippen molar-refractivity contribution < 1.29 is 4.74 Å². The molecule has 1 atom stereocenters. The van der Waals surface area contributed by atoms with Crippen molar-refractivity contribution in [3.63, 3.8) is 0 Å². The molecule has 0 bridgehead atoms. The van der Waals surface area contributed by atoms with Crippen LogP contribution < -0.4 is 9.64 Å². The highest BCUT2D eigenvalue weighted by atomic mass is 35.5. The quantitative estimate of drug-likeness (QED) is 0.600. The predicted molar refractivity (Wildman–Crippen MR) is 104 cm³/mol. The van der Waals surface area contributed by atoms with E-state index in [1.807, 2.05) is 6.07 Å². The van der Waals surface area contributed by atoms with E-state index >= 15 is 0 Å². The molecule has 1 unspecified atom stereocenters. The van der Waals surface area contributed by atoms with Gasteiger partial charge in [-0.3, -0.25) is 0 Å². The van der Waals surface area contributed by atoms with Gasteiger partial charge in [-0.1, -0.05) is 41.4 Å². The van der Waals surface area contributed by atoms with Crippen molar-refractivity contribution in [2.45, 2.75) is 37.8 Å². The first kappa shape index (κ1) is 15.6. The van der Waals surface area contributed by atoms with Gasteiger partial charge < -0.3 is 9.64 Å². The first-order valence-electron chi connectivity index (χ1n) is 8.92. The standard InChI is InChI=1S/C21H19Cl2NO/c22-17-12-15-11-16-6-3-4-9-21(16,25-20(15)18(23)13-17)24-10-8-14-5-1-2-7-19(14)24/h1-2,5,7,11-13H,3-4,6,8-10H2. The van der Waals surface area contributed by atoms with Gasteiger partial charge in [0.25, 0.3) is 0 Å². The lowest BCUT2D eigenvalue weighted by Gasteiger charge is -2.49. The van der Waals surface area contributed by atoms with E-state index in [0.29, 0.717) is 10.0 Å². The van der Waals surface area contributed by atoms with Crippen molar-refractivity contribution in [1.82, 2.24) is 0 Å². The van der Waals surface area contributed by atoms with E-state index in [0.717, 1.165) is 43.5 Å². The van der Waals surface area contributed by atoms with Crippen molar-refractivity contribution in [2.24, 2.45) is 0 Å². The van der Waals surface area contributed by atoms with Gasteiger partial charge in [0, 0.05) is 29.2 Å². The highest BCUT2D eigenvalue weighted by Gasteiger charge is 2.48. The summed E-state index contributed by atoms with van der Waals surface area (Å²) in [6.07, 6.45) is 7.74. The van der Waals surface area contributed by atoms with Crippen LogP contribution in [0.15, 0.2) is 42.0 Å². The summed E-state index contributed by atoms with van der Waals surface area (Å²) in [5, 5.41) is 1.24. The smallest absolute Gasteiger partial charge is 0.205 e.